The van der Waals surface area contributed by atoms with E-state index in [9.17, 15) is 18.0 Å². The predicted octanol–water partition coefficient (Wildman–Crippen LogP) is 0.951. The van der Waals surface area contributed by atoms with Crippen LogP contribution in [-0.4, -0.2) is 18.6 Å². The summed E-state index contributed by atoms with van der Waals surface area (Å²) in [4.78, 5) is 11.2. The van der Waals surface area contributed by atoms with Gasteiger partial charge in [0.1, 0.15) is 14.4 Å². The van der Waals surface area contributed by atoms with E-state index in [1.54, 1.807) is 0 Å². The SMILES string of the molecule is [B]c1ccc2oc(=O)n(CC(F)(F)F)c2c1. The van der Waals surface area contributed by atoms with Crippen LogP contribution in [0.25, 0.3) is 11.1 Å². The standard InChI is InChI=1S/C9H5BF3NO2/c10-5-1-2-7-6(3-5)14(8(15)16-7)4-9(11,12)13/h1-3H,4H2. The summed E-state index contributed by atoms with van der Waals surface area (Å²) in [5, 5.41) is 0. The third-order valence-electron chi connectivity index (χ3n) is 2.03. The molecule has 82 valence electrons. The third kappa shape index (κ3) is 1.98. The van der Waals surface area contributed by atoms with E-state index in [0.717, 1.165) is 0 Å². The minimum atomic E-state index is -4.48. The molecule has 3 nitrogen and oxygen atoms in total. The zero-order valence-corrected chi connectivity index (χ0v) is 7.91. The second-order valence-corrected chi connectivity index (χ2v) is 3.30. The van der Waals surface area contributed by atoms with Crippen molar-refractivity contribution >= 4 is 24.4 Å². The van der Waals surface area contributed by atoms with Crippen LogP contribution < -0.4 is 11.2 Å². The molecule has 0 atom stereocenters. The van der Waals surface area contributed by atoms with Gasteiger partial charge in [-0.25, -0.2) is 4.79 Å². The van der Waals surface area contributed by atoms with E-state index in [0.29, 0.717) is 4.57 Å². The maximum Gasteiger partial charge on any atom is 0.420 e. The molecule has 0 aliphatic heterocycles. The molecule has 0 aliphatic carbocycles. The smallest absolute Gasteiger partial charge is 0.408 e. The second-order valence-electron chi connectivity index (χ2n) is 3.30. The van der Waals surface area contributed by atoms with Crippen molar-refractivity contribution in [3.63, 3.8) is 0 Å². The first kappa shape index (κ1) is 10.8. The van der Waals surface area contributed by atoms with Gasteiger partial charge in [0.05, 0.1) is 5.52 Å². The van der Waals surface area contributed by atoms with E-state index in [4.69, 9.17) is 7.85 Å². The van der Waals surface area contributed by atoms with Crippen LogP contribution >= 0.6 is 0 Å². The van der Waals surface area contributed by atoms with E-state index in [2.05, 4.69) is 4.42 Å². The van der Waals surface area contributed by atoms with Crippen LogP contribution in [0, 0.1) is 0 Å². The summed E-state index contributed by atoms with van der Waals surface area (Å²) in [6.07, 6.45) is -4.48. The van der Waals surface area contributed by atoms with E-state index >= 15 is 0 Å². The van der Waals surface area contributed by atoms with E-state index < -0.39 is 18.5 Å². The monoisotopic (exact) mass is 227 g/mol. The number of nitrogens with zero attached hydrogens (tertiary/aromatic N) is 1. The van der Waals surface area contributed by atoms with Gasteiger partial charge in [-0.2, -0.15) is 13.2 Å². The van der Waals surface area contributed by atoms with Gasteiger partial charge in [0.25, 0.3) is 0 Å². The first-order valence-corrected chi connectivity index (χ1v) is 4.32. The summed E-state index contributed by atoms with van der Waals surface area (Å²) in [6, 6.07) is 4.08. The fraction of sp³-hybridized carbons (Fsp3) is 0.222. The minimum Gasteiger partial charge on any atom is -0.408 e. The van der Waals surface area contributed by atoms with Crippen LogP contribution in [0.5, 0.6) is 0 Å². The minimum absolute atomic E-state index is 0.0438. The normalized spacial score (nSPS) is 12.2. The highest BCUT2D eigenvalue weighted by molar-refractivity contribution is 6.33. The number of fused-ring (bicyclic) bond motifs is 1. The molecule has 1 aromatic heterocycles. The zero-order valence-electron chi connectivity index (χ0n) is 7.91. The van der Waals surface area contributed by atoms with Gasteiger partial charge in [-0.1, -0.05) is 11.5 Å². The molecule has 0 aliphatic rings. The number of alkyl halides is 3. The van der Waals surface area contributed by atoms with Gasteiger partial charge in [0.2, 0.25) is 0 Å². The Labute approximate surface area is 88.9 Å². The third-order valence-corrected chi connectivity index (χ3v) is 2.03. The van der Waals surface area contributed by atoms with Crippen LogP contribution in [0.15, 0.2) is 27.4 Å². The van der Waals surface area contributed by atoms with Gasteiger partial charge >= 0.3 is 11.9 Å². The Morgan fingerprint density at radius 3 is 2.69 bits per heavy atom. The summed E-state index contributed by atoms with van der Waals surface area (Å²) in [5.74, 6) is -1.04. The molecule has 0 fully saturated rings. The molecule has 1 aromatic carbocycles. The molecular formula is C9H5BF3NO2. The summed E-state index contributed by atoms with van der Waals surface area (Å²) in [5.41, 5.74) is 0.398. The lowest BCUT2D eigenvalue weighted by Crippen LogP contribution is -2.25. The molecule has 16 heavy (non-hydrogen) atoms. The van der Waals surface area contributed by atoms with E-state index in [1.165, 1.54) is 18.2 Å². The lowest BCUT2D eigenvalue weighted by atomic mass is 9.96. The first-order valence-electron chi connectivity index (χ1n) is 4.32. The molecule has 0 saturated heterocycles. The molecule has 0 saturated carbocycles. The number of oxazole rings is 1. The average molecular weight is 227 g/mol. The molecule has 1 heterocycles. The van der Waals surface area contributed by atoms with Crippen molar-refractivity contribution in [2.75, 3.05) is 0 Å². The highest BCUT2D eigenvalue weighted by Crippen LogP contribution is 2.19. The number of hydrogen-bond donors (Lipinski definition) is 0. The maximum atomic E-state index is 12.2. The van der Waals surface area contributed by atoms with Gasteiger partial charge in [-0.3, -0.25) is 4.57 Å². The lowest BCUT2D eigenvalue weighted by Gasteiger charge is -2.06. The molecule has 0 bridgehead atoms. The Bertz CT molecular complexity index is 584. The van der Waals surface area contributed by atoms with Crippen LogP contribution in [0.2, 0.25) is 0 Å². The topological polar surface area (TPSA) is 35.1 Å². The summed E-state index contributed by atoms with van der Waals surface area (Å²) >= 11 is 0. The fourth-order valence-corrected chi connectivity index (χ4v) is 1.41. The maximum absolute atomic E-state index is 12.2. The summed E-state index contributed by atoms with van der Waals surface area (Å²) < 4.78 is 41.7. The van der Waals surface area contributed by atoms with Crippen LogP contribution in [0.3, 0.4) is 0 Å². The Morgan fingerprint density at radius 1 is 1.38 bits per heavy atom. The molecule has 0 unspecified atom stereocenters. The van der Waals surface area contributed by atoms with Gasteiger partial charge in [-0.15, -0.1) is 0 Å². The van der Waals surface area contributed by atoms with Gasteiger partial charge in [0, 0.05) is 0 Å². The van der Waals surface area contributed by atoms with E-state index in [1.807, 2.05) is 0 Å². The van der Waals surface area contributed by atoms with Crippen LogP contribution in [0.1, 0.15) is 0 Å². The predicted molar refractivity (Wildman–Crippen MR) is 51.9 cm³/mol. The second kappa shape index (κ2) is 3.43. The number of rotatable bonds is 1. The quantitative estimate of drug-likeness (QED) is 0.679. The van der Waals surface area contributed by atoms with Crippen molar-refractivity contribution in [2.24, 2.45) is 0 Å². The van der Waals surface area contributed by atoms with Gasteiger partial charge in [0.15, 0.2) is 5.58 Å². The molecule has 7 heteroatoms. The molecule has 2 rings (SSSR count). The number of benzene rings is 1. The fourth-order valence-electron chi connectivity index (χ4n) is 1.41. The molecular weight excluding hydrogens is 222 g/mol. The summed E-state index contributed by atoms with van der Waals surface area (Å²) in [6.45, 7) is -1.39. The Hall–Kier alpha value is -1.66. The van der Waals surface area contributed by atoms with Gasteiger partial charge in [-0.05, 0) is 12.1 Å². The number of hydrogen-bond acceptors (Lipinski definition) is 2. The van der Waals surface area contributed by atoms with Crippen molar-refractivity contribution in [2.45, 2.75) is 12.7 Å². The van der Waals surface area contributed by atoms with Crippen molar-refractivity contribution in [3.8, 4) is 0 Å². The Kier molecular flexibility index (Phi) is 2.33. The largest absolute Gasteiger partial charge is 0.420 e. The number of aromatic nitrogens is 1. The Balaban J connectivity index is 2.63. The summed E-state index contributed by atoms with van der Waals surface area (Å²) in [7, 11) is 5.43. The van der Waals surface area contributed by atoms with Crippen molar-refractivity contribution in [3.05, 3.63) is 28.7 Å². The average Bonchev–Trinajstić information content (AvgIpc) is 2.42. The molecule has 0 N–H and O–H groups in total. The molecule has 0 spiro atoms. The van der Waals surface area contributed by atoms with E-state index in [-0.39, 0.29) is 16.6 Å². The first-order chi connectivity index (χ1) is 7.37. The highest BCUT2D eigenvalue weighted by atomic mass is 19.4. The number of halogens is 3. The zero-order chi connectivity index (χ0) is 11.9. The highest BCUT2D eigenvalue weighted by Gasteiger charge is 2.30. The molecule has 0 amide bonds. The molecule has 2 aromatic rings. The van der Waals surface area contributed by atoms with Crippen molar-refractivity contribution < 1.29 is 17.6 Å². The Morgan fingerprint density at radius 2 is 2.06 bits per heavy atom. The van der Waals surface area contributed by atoms with Crippen LogP contribution in [0.4, 0.5) is 13.2 Å². The molecule has 2 radical (unpaired) electrons. The van der Waals surface area contributed by atoms with Gasteiger partial charge < -0.3 is 4.42 Å². The van der Waals surface area contributed by atoms with Crippen molar-refractivity contribution in [1.82, 2.24) is 4.57 Å². The van der Waals surface area contributed by atoms with Crippen molar-refractivity contribution in [1.29, 1.82) is 0 Å². The van der Waals surface area contributed by atoms with Crippen LogP contribution in [-0.2, 0) is 6.54 Å². The lowest BCUT2D eigenvalue weighted by molar-refractivity contribution is -0.140.